The number of nitrogen functional groups attached to an aromatic ring is 1. The van der Waals surface area contributed by atoms with Crippen molar-refractivity contribution in [3.8, 4) is 29.1 Å². The molecule has 2 N–H and O–H groups in total. The molecule has 0 bridgehead atoms. The summed E-state index contributed by atoms with van der Waals surface area (Å²) in [5.74, 6) is 2.44. The van der Waals surface area contributed by atoms with Crippen LogP contribution in [0.5, 0.6) is 23.0 Å². The third kappa shape index (κ3) is 37.5. The van der Waals surface area contributed by atoms with E-state index in [1.54, 1.807) is 85.1 Å². The maximum atomic E-state index is 12.4. The number of azo groups is 2. The van der Waals surface area contributed by atoms with Crippen LogP contribution >= 0.6 is 0 Å². The van der Waals surface area contributed by atoms with Crippen molar-refractivity contribution >= 4 is 58.2 Å². The minimum atomic E-state index is -0.471. The van der Waals surface area contributed by atoms with E-state index in [9.17, 15) is 14.4 Å². The topological polar surface area (TPSA) is 235 Å². The highest BCUT2D eigenvalue weighted by atomic mass is 16.6. The van der Waals surface area contributed by atoms with E-state index in [-0.39, 0.29) is 48.0 Å². The molecule has 0 saturated heterocycles. The van der Waals surface area contributed by atoms with Crippen LogP contribution in [-0.4, -0.2) is 75.0 Å². The molecule has 2 heterocycles. The van der Waals surface area contributed by atoms with Gasteiger partial charge in [-0.15, -0.1) is 0 Å². The van der Waals surface area contributed by atoms with Gasteiger partial charge in [-0.3, -0.25) is 9.78 Å². The fourth-order valence-electron chi connectivity index (χ4n) is 11.3. The molecule has 0 fully saturated rings. The van der Waals surface area contributed by atoms with Gasteiger partial charge in [-0.25, -0.2) is 14.6 Å². The molecule has 2 aromatic heterocycles. The molecule has 10 rings (SSSR count). The van der Waals surface area contributed by atoms with E-state index >= 15 is 0 Å². The van der Waals surface area contributed by atoms with E-state index in [1.807, 2.05) is 137 Å². The lowest BCUT2D eigenvalue weighted by Crippen LogP contribution is -2.27. The van der Waals surface area contributed by atoms with Crippen molar-refractivity contribution in [2.45, 2.75) is 230 Å². The number of nitrogens with zero attached hydrogens (tertiary/aromatic N) is 8. The van der Waals surface area contributed by atoms with Gasteiger partial charge >= 0.3 is 17.9 Å². The number of carbonyl (C=O) groups excluding carboxylic acids is 3. The van der Waals surface area contributed by atoms with E-state index in [2.05, 4.69) is 215 Å². The lowest BCUT2D eigenvalue weighted by molar-refractivity contribution is -0.154. The number of aryl methyl sites for hydroxylation is 1. The van der Waals surface area contributed by atoms with E-state index in [4.69, 9.17) is 39.4 Å². The number of unbranched alkanes of at least 4 members (excludes halogenated alkanes) is 3. The Hall–Kier alpha value is -12.1. The first kappa shape index (κ1) is 103. The lowest BCUT2D eigenvalue weighted by atomic mass is 9.82. The zero-order valence-corrected chi connectivity index (χ0v) is 78.6. The van der Waals surface area contributed by atoms with Crippen LogP contribution < -0.4 is 29.6 Å². The first-order chi connectivity index (χ1) is 59.4. The Morgan fingerprint density at radius 2 is 0.808 bits per heavy atom. The normalized spacial score (nSPS) is 11.5. The minimum absolute atomic E-state index is 0.103. The summed E-state index contributed by atoms with van der Waals surface area (Å²) in [7, 11) is 4.14. The van der Waals surface area contributed by atoms with E-state index < -0.39 is 11.4 Å². The highest BCUT2D eigenvalue weighted by molar-refractivity contribution is 5.91. The largest absolute Gasteiger partial charge is 0.494 e. The van der Waals surface area contributed by atoms with Crippen molar-refractivity contribution < 1.29 is 42.8 Å². The smallest absolute Gasteiger partial charge is 0.343 e. The predicted octanol–water partition coefficient (Wildman–Crippen LogP) is 28.2. The van der Waals surface area contributed by atoms with Crippen LogP contribution in [0.3, 0.4) is 0 Å². The number of hydrogen-bond acceptors (Lipinski definition) is 18. The molecule has 18 heteroatoms. The fraction of sp³-hybridized carbons (Fsp3) is 0.402. The summed E-state index contributed by atoms with van der Waals surface area (Å²) in [4.78, 5) is 46.3. The molecule has 125 heavy (non-hydrogen) atoms. The van der Waals surface area contributed by atoms with Gasteiger partial charge in [-0.2, -0.15) is 25.7 Å². The van der Waals surface area contributed by atoms with Crippen molar-refractivity contribution in [2.75, 3.05) is 57.8 Å². The second-order valence-electron chi connectivity index (χ2n) is 34.8. The number of nitrogens with two attached hydrogens (primary N) is 1. The van der Waals surface area contributed by atoms with Crippen LogP contribution in [0.25, 0.3) is 6.08 Å². The number of carbonyl (C=O) groups is 3. The molecule has 0 saturated carbocycles. The molecule has 18 nitrogen and oxygen atoms in total. The van der Waals surface area contributed by atoms with E-state index in [0.717, 1.165) is 67.9 Å². The molecule has 666 valence electrons. The number of hydrogen-bond donors (Lipinski definition) is 1. The van der Waals surface area contributed by atoms with Crippen LogP contribution in [0.1, 0.15) is 251 Å². The van der Waals surface area contributed by atoms with Crippen molar-refractivity contribution in [1.82, 2.24) is 9.97 Å². The molecule has 0 spiro atoms. The Morgan fingerprint density at radius 1 is 0.424 bits per heavy atom. The number of ether oxygens (including phenoxy) is 6. The summed E-state index contributed by atoms with van der Waals surface area (Å²) in [5.41, 5.74) is 20.0. The zero-order chi connectivity index (χ0) is 92.1. The van der Waals surface area contributed by atoms with Gasteiger partial charge in [0.1, 0.15) is 55.2 Å². The third-order valence-electron chi connectivity index (χ3n) is 22.8. The maximum Gasteiger partial charge on any atom is 0.343 e. The summed E-state index contributed by atoms with van der Waals surface area (Å²) < 4.78 is 32.9. The second-order valence-corrected chi connectivity index (χ2v) is 34.8. The molecule has 0 aliphatic carbocycles. The quantitative estimate of drug-likeness (QED) is 0.0128. The third-order valence-corrected chi connectivity index (χ3v) is 22.8. The number of nitriles is 1. The molecule has 0 radical (unpaired) electrons. The molecule has 0 aliphatic heterocycles. The highest BCUT2D eigenvalue weighted by Gasteiger charge is 2.27. The van der Waals surface area contributed by atoms with Gasteiger partial charge in [0.25, 0.3) is 0 Å². The summed E-state index contributed by atoms with van der Waals surface area (Å²) >= 11 is 0. The number of anilines is 2. The molecule has 0 aliphatic rings. The van der Waals surface area contributed by atoms with Gasteiger partial charge in [-0.1, -0.05) is 203 Å². The van der Waals surface area contributed by atoms with Crippen LogP contribution in [-0.2, 0) is 46.1 Å². The fourth-order valence-corrected chi connectivity index (χ4v) is 11.3. The van der Waals surface area contributed by atoms with Crippen molar-refractivity contribution in [3.63, 3.8) is 0 Å². The monoisotopic (exact) mass is 1690 g/mol. The maximum absolute atomic E-state index is 12.4. The molecule has 0 amide bonds. The minimum Gasteiger partial charge on any atom is -0.494 e. The molecular formula is C107H139N9O9. The summed E-state index contributed by atoms with van der Waals surface area (Å²) in [6, 6.07) is 71.3. The Morgan fingerprint density at radius 3 is 1.24 bits per heavy atom. The first-order valence-corrected chi connectivity index (χ1v) is 43.9. The van der Waals surface area contributed by atoms with Gasteiger partial charge in [0.05, 0.1) is 52.0 Å². The number of benzene rings is 8. The second kappa shape index (κ2) is 52.5. The predicted molar refractivity (Wildman–Crippen MR) is 514 cm³/mol. The Balaban J connectivity index is 0.000000278. The summed E-state index contributed by atoms with van der Waals surface area (Å²) in [6.07, 6.45) is 19.7. The average molecular weight is 1700 g/mol. The highest BCUT2D eigenvalue weighted by Crippen LogP contribution is 2.34. The van der Waals surface area contributed by atoms with E-state index in [1.165, 1.54) is 70.8 Å². The average Bonchev–Trinajstić information content (AvgIpc) is 0.845. The first-order valence-electron chi connectivity index (χ1n) is 43.9. The number of rotatable bonds is 35. The zero-order valence-electron chi connectivity index (χ0n) is 78.6. The summed E-state index contributed by atoms with van der Waals surface area (Å²) in [6.45, 7) is 45.0. The number of aromatic nitrogens is 2. The number of pyridine rings is 2. The summed E-state index contributed by atoms with van der Waals surface area (Å²) in [5, 5.41) is 25.5. The SMILES string of the molecule is CCC(C)(C)C(=O)OCCOc1ccc(N=Nc2ccc(C#N)cc2)cc1.CCC(C)(C)c1ccc(N(C)C)cc1.CCC(C)(C)c1ccc(OC(=O)c2ccc(N=Nc3ccc(C)cc3)cc2)cc1.CCC(C)(C)c1ccnc(N)c1.CCC(C)(C)c1ccncc1.CCCCCCOc1ccc(/C=C/C(=O)OCCOc2ccc(C(C)(C)CC)cc2)cc1. The van der Waals surface area contributed by atoms with Crippen LogP contribution in [0, 0.1) is 23.7 Å². The van der Waals surface area contributed by atoms with Crippen LogP contribution in [0.4, 0.5) is 34.3 Å². The number of esters is 3. The molecule has 0 unspecified atom stereocenters. The standard InChI is InChI=1S/C28H38O4.C25H26N2O2.C21H23N3O3.C13H21N.C10H16N2.C10H15N/c1-5-7-8-9-20-30-25-15-10-23(11-16-25)12-19-27(29)32-22-21-31-26-17-13-24(14-18-26)28(3,4)6-2;1-5-25(3,4)20-10-16-23(17-11-20)29-24(28)19-8-14-22(15-9-19)27-26-21-12-6-18(2)7-13-21;1-4-21(2,3)20(25)27-14-13-26-19-11-9-18(10-12-19)24-23-17-7-5-16(15-22)6-8-17;1-6-13(2,3)11-7-9-12(10-8-11)14(4)5;1-4-10(2,3)8-5-6-12-9(11)7-8;1-4-10(2,3)9-5-7-11-8-6-9/h10-19H,5-9,20-22H2,1-4H3;6-17H,5H2,1-4H3;5-12H,4,13-14H2,1-3H3;7-10H,6H2,1-5H3;5-7H,4H2,1-3H3,(H2,11,12);5-8H,4H2,1-3H3/b19-12+;;;;;. The van der Waals surface area contributed by atoms with Gasteiger partial charge < -0.3 is 39.1 Å². The Bertz CT molecular complexity index is 4920. The van der Waals surface area contributed by atoms with E-state index in [0.29, 0.717) is 62.9 Å². The van der Waals surface area contributed by atoms with Gasteiger partial charge in [0.15, 0.2) is 0 Å². The van der Waals surface area contributed by atoms with Crippen molar-refractivity contribution in [2.24, 2.45) is 25.9 Å². The van der Waals surface area contributed by atoms with Gasteiger partial charge in [0.2, 0.25) is 0 Å². The van der Waals surface area contributed by atoms with Crippen LogP contribution in [0.2, 0.25) is 0 Å². The molecule has 0 atom stereocenters. The van der Waals surface area contributed by atoms with Crippen molar-refractivity contribution in [3.05, 3.63) is 293 Å². The lowest BCUT2D eigenvalue weighted by Gasteiger charge is -2.24. The Kier molecular flexibility index (Phi) is 43.5. The molecule has 10 aromatic rings. The van der Waals surface area contributed by atoms with Crippen molar-refractivity contribution in [1.29, 1.82) is 5.26 Å². The van der Waals surface area contributed by atoms with Gasteiger partial charge in [0, 0.05) is 44.4 Å². The molecule has 8 aromatic carbocycles. The van der Waals surface area contributed by atoms with Gasteiger partial charge in [-0.05, 0) is 290 Å². The molecular weight excluding hydrogens is 1560 g/mol. The Labute approximate surface area is 747 Å². The van der Waals surface area contributed by atoms with Crippen LogP contribution in [0.15, 0.2) is 264 Å².